The van der Waals surface area contributed by atoms with E-state index in [9.17, 15) is 4.79 Å². The second-order valence-electron chi connectivity index (χ2n) is 6.98. The predicted octanol–water partition coefficient (Wildman–Crippen LogP) is 3.15. The first-order valence-corrected chi connectivity index (χ1v) is 9.86. The summed E-state index contributed by atoms with van der Waals surface area (Å²) in [5, 5.41) is 6.15. The SMILES string of the molecule is COc1ccc(NC(=O)N2C=CNC2c2ccc(N3CCOCC3)cc2)cc1OC. The lowest BCUT2D eigenvalue weighted by atomic mass is 10.1. The average Bonchev–Trinajstić information content (AvgIpc) is 3.30. The summed E-state index contributed by atoms with van der Waals surface area (Å²) in [5.41, 5.74) is 2.79. The van der Waals surface area contributed by atoms with E-state index in [0.29, 0.717) is 17.2 Å². The molecule has 2 aliphatic rings. The number of rotatable bonds is 5. The molecule has 0 radical (unpaired) electrons. The number of ether oxygens (including phenoxy) is 3. The van der Waals surface area contributed by atoms with E-state index in [2.05, 4.69) is 27.7 Å². The van der Waals surface area contributed by atoms with Crippen LogP contribution in [0.1, 0.15) is 11.7 Å². The summed E-state index contributed by atoms with van der Waals surface area (Å²) in [6.45, 7) is 3.28. The molecule has 2 aromatic carbocycles. The predicted molar refractivity (Wildman–Crippen MR) is 115 cm³/mol. The van der Waals surface area contributed by atoms with Gasteiger partial charge in [-0.15, -0.1) is 0 Å². The lowest BCUT2D eigenvalue weighted by Gasteiger charge is -2.29. The first-order chi connectivity index (χ1) is 14.7. The highest BCUT2D eigenvalue weighted by Crippen LogP contribution is 2.31. The Hall–Kier alpha value is -3.39. The standard InChI is InChI=1S/C22H26N4O4/c1-28-19-8-5-17(15-20(19)29-2)24-22(27)26-10-9-23-21(26)16-3-6-18(7-4-16)25-11-13-30-14-12-25/h3-10,15,21,23H,11-14H2,1-2H3,(H,24,27). The summed E-state index contributed by atoms with van der Waals surface area (Å²) in [6, 6.07) is 13.3. The molecule has 0 aromatic heterocycles. The Balaban J connectivity index is 1.45. The molecule has 158 valence electrons. The van der Waals surface area contributed by atoms with Crippen molar-refractivity contribution < 1.29 is 19.0 Å². The molecule has 0 bridgehead atoms. The minimum Gasteiger partial charge on any atom is -0.493 e. The van der Waals surface area contributed by atoms with Gasteiger partial charge in [-0.2, -0.15) is 0 Å². The minimum atomic E-state index is -0.274. The average molecular weight is 410 g/mol. The Labute approximate surface area is 176 Å². The first-order valence-electron chi connectivity index (χ1n) is 9.86. The fourth-order valence-electron chi connectivity index (χ4n) is 3.61. The third-order valence-corrected chi connectivity index (χ3v) is 5.22. The molecule has 8 heteroatoms. The molecule has 2 heterocycles. The molecule has 30 heavy (non-hydrogen) atoms. The number of nitrogens with one attached hydrogen (secondary N) is 2. The molecule has 1 saturated heterocycles. The van der Waals surface area contributed by atoms with Gasteiger partial charge in [0.1, 0.15) is 6.17 Å². The summed E-state index contributed by atoms with van der Waals surface area (Å²) in [7, 11) is 3.14. The van der Waals surface area contributed by atoms with Crippen molar-refractivity contribution in [2.24, 2.45) is 0 Å². The fourth-order valence-corrected chi connectivity index (χ4v) is 3.61. The summed E-state index contributed by atoms with van der Waals surface area (Å²) in [6.07, 6.45) is 3.23. The van der Waals surface area contributed by atoms with Crippen molar-refractivity contribution in [1.29, 1.82) is 0 Å². The molecule has 2 aliphatic heterocycles. The van der Waals surface area contributed by atoms with Gasteiger partial charge >= 0.3 is 6.03 Å². The maximum atomic E-state index is 12.9. The Morgan fingerprint density at radius 3 is 2.50 bits per heavy atom. The van der Waals surface area contributed by atoms with Crippen LogP contribution in [0.3, 0.4) is 0 Å². The number of benzene rings is 2. The van der Waals surface area contributed by atoms with Gasteiger partial charge in [0.2, 0.25) is 0 Å². The minimum absolute atomic E-state index is 0.245. The van der Waals surface area contributed by atoms with Crippen LogP contribution in [0.5, 0.6) is 11.5 Å². The number of urea groups is 1. The van der Waals surface area contributed by atoms with Crippen molar-refractivity contribution in [2.45, 2.75) is 6.17 Å². The summed E-state index contributed by atoms with van der Waals surface area (Å²) in [4.78, 5) is 16.8. The fraction of sp³-hybridized carbons (Fsp3) is 0.318. The maximum absolute atomic E-state index is 12.9. The number of amides is 2. The number of nitrogens with zero attached hydrogens (tertiary/aromatic N) is 2. The molecule has 8 nitrogen and oxygen atoms in total. The van der Waals surface area contributed by atoms with Crippen molar-refractivity contribution >= 4 is 17.4 Å². The van der Waals surface area contributed by atoms with Gasteiger partial charge in [0.25, 0.3) is 0 Å². The molecule has 0 spiro atoms. The van der Waals surface area contributed by atoms with E-state index in [0.717, 1.165) is 37.6 Å². The van der Waals surface area contributed by atoms with Crippen LogP contribution in [0.4, 0.5) is 16.2 Å². The van der Waals surface area contributed by atoms with Gasteiger partial charge in [-0.3, -0.25) is 4.90 Å². The number of carbonyl (C=O) groups is 1. The Morgan fingerprint density at radius 1 is 1.07 bits per heavy atom. The highest BCUT2D eigenvalue weighted by molar-refractivity contribution is 5.91. The molecule has 1 fully saturated rings. The van der Waals surface area contributed by atoms with Crippen molar-refractivity contribution in [3.05, 3.63) is 60.4 Å². The second-order valence-corrected chi connectivity index (χ2v) is 6.98. The van der Waals surface area contributed by atoms with Gasteiger partial charge in [-0.25, -0.2) is 4.79 Å². The number of hydrogen-bond acceptors (Lipinski definition) is 6. The topological polar surface area (TPSA) is 75.3 Å². The van der Waals surface area contributed by atoms with Crippen LogP contribution in [0.2, 0.25) is 0 Å². The molecular formula is C22H26N4O4. The van der Waals surface area contributed by atoms with Crippen LogP contribution in [0.25, 0.3) is 0 Å². The van der Waals surface area contributed by atoms with Crippen LogP contribution in [0.15, 0.2) is 54.9 Å². The summed E-state index contributed by atoms with van der Waals surface area (Å²) >= 11 is 0. The molecule has 0 aliphatic carbocycles. The smallest absolute Gasteiger partial charge is 0.327 e. The molecule has 0 saturated carbocycles. The maximum Gasteiger partial charge on any atom is 0.327 e. The largest absolute Gasteiger partial charge is 0.493 e. The molecule has 2 aromatic rings. The van der Waals surface area contributed by atoms with E-state index >= 15 is 0 Å². The third-order valence-electron chi connectivity index (χ3n) is 5.22. The molecule has 2 N–H and O–H groups in total. The van der Waals surface area contributed by atoms with Gasteiger partial charge in [0.15, 0.2) is 11.5 Å². The van der Waals surface area contributed by atoms with E-state index in [1.54, 1.807) is 49.7 Å². The Bertz CT molecular complexity index is 910. The van der Waals surface area contributed by atoms with Crippen molar-refractivity contribution in [1.82, 2.24) is 10.2 Å². The number of anilines is 2. The monoisotopic (exact) mass is 410 g/mol. The van der Waals surface area contributed by atoms with E-state index in [1.165, 1.54) is 0 Å². The van der Waals surface area contributed by atoms with Crippen molar-refractivity contribution in [3.8, 4) is 11.5 Å². The highest BCUT2D eigenvalue weighted by Gasteiger charge is 2.26. The molecule has 1 unspecified atom stereocenters. The van der Waals surface area contributed by atoms with E-state index in [4.69, 9.17) is 14.2 Å². The lowest BCUT2D eigenvalue weighted by molar-refractivity contribution is 0.122. The van der Waals surface area contributed by atoms with E-state index < -0.39 is 0 Å². The van der Waals surface area contributed by atoms with Gasteiger partial charge in [0.05, 0.1) is 27.4 Å². The number of methoxy groups -OCH3 is 2. The molecule has 1 atom stereocenters. The number of carbonyl (C=O) groups excluding carboxylic acids is 1. The number of hydrogen-bond donors (Lipinski definition) is 2. The zero-order chi connectivity index (χ0) is 20.9. The van der Waals surface area contributed by atoms with E-state index in [1.807, 2.05) is 12.1 Å². The third kappa shape index (κ3) is 4.13. The first kappa shape index (κ1) is 19.9. The Kier molecular flexibility index (Phi) is 5.94. The zero-order valence-corrected chi connectivity index (χ0v) is 17.1. The van der Waals surface area contributed by atoms with Gasteiger partial charge in [-0.1, -0.05) is 12.1 Å². The quantitative estimate of drug-likeness (QED) is 0.789. The van der Waals surface area contributed by atoms with Crippen molar-refractivity contribution in [3.63, 3.8) is 0 Å². The van der Waals surface area contributed by atoms with Gasteiger partial charge < -0.3 is 29.7 Å². The summed E-state index contributed by atoms with van der Waals surface area (Å²) < 4.78 is 16.0. The molecular weight excluding hydrogens is 384 g/mol. The highest BCUT2D eigenvalue weighted by atomic mass is 16.5. The van der Waals surface area contributed by atoms with Crippen LogP contribution in [-0.2, 0) is 4.74 Å². The normalized spacial score (nSPS) is 18.1. The second kappa shape index (κ2) is 8.96. The molecule has 2 amide bonds. The van der Waals surface area contributed by atoms with Crippen LogP contribution < -0.4 is 25.0 Å². The van der Waals surface area contributed by atoms with Crippen LogP contribution in [-0.4, -0.2) is 51.5 Å². The zero-order valence-electron chi connectivity index (χ0n) is 17.1. The van der Waals surface area contributed by atoms with E-state index in [-0.39, 0.29) is 12.2 Å². The van der Waals surface area contributed by atoms with Crippen LogP contribution >= 0.6 is 0 Å². The Morgan fingerprint density at radius 2 is 1.80 bits per heavy atom. The van der Waals surface area contributed by atoms with Crippen LogP contribution in [0, 0.1) is 0 Å². The van der Waals surface area contributed by atoms with Gasteiger partial charge in [-0.05, 0) is 29.8 Å². The number of morpholine rings is 1. The molecule has 4 rings (SSSR count). The lowest BCUT2D eigenvalue weighted by Crippen LogP contribution is -2.36. The van der Waals surface area contributed by atoms with Gasteiger partial charge in [0, 0.05) is 42.9 Å². The van der Waals surface area contributed by atoms with Crippen molar-refractivity contribution in [2.75, 3.05) is 50.7 Å². The summed E-state index contributed by atoms with van der Waals surface area (Å²) in [5.74, 6) is 1.16.